The van der Waals surface area contributed by atoms with Crippen molar-refractivity contribution in [2.75, 3.05) is 11.9 Å². The second-order valence-corrected chi connectivity index (χ2v) is 4.10. The number of ether oxygens (including phenoxy) is 1. The van der Waals surface area contributed by atoms with Crippen molar-refractivity contribution < 1.29 is 19.4 Å². The molecule has 0 aliphatic rings. The van der Waals surface area contributed by atoms with Crippen molar-refractivity contribution in [1.29, 1.82) is 0 Å². The number of hydrogen-bond donors (Lipinski definition) is 3. The third kappa shape index (κ3) is 5.11. The Morgan fingerprint density at radius 2 is 2.05 bits per heavy atom. The summed E-state index contributed by atoms with van der Waals surface area (Å²) in [5.74, 6) is -0.364. The SMILES string of the molecule is C=CCOC(=O)NC(C)C(=O)Nc1ccc(CO)cc1. The number of carbonyl (C=O) groups is 2. The summed E-state index contributed by atoms with van der Waals surface area (Å²) >= 11 is 0. The Labute approximate surface area is 117 Å². The molecule has 20 heavy (non-hydrogen) atoms. The molecule has 108 valence electrons. The van der Waals surface area contributed by atoms with Gasteiger partial charge in [-0.25, -0.2) is 4.79 Å². The number of amides is 2. The van der Waals surface area contributed by atoms with Gasteiger partial charge in [-0.05, 0) is 24.6 Å². The largest absolute Gasteiger partial charge is 0.445 e. The van der Waals surface area contributed by atoms with E-state index in [-0.39, 0.29) is 19.1 Å². The summed E-state index contributed by atoms with van der Waals surface area (Å²) in [5, 5.41) is 14.0. The van der Waals surface area contributed by atoms with Crippen LogP contribution in [0.2, 0.25) is 0 Å². The molecule has 1 aromatic rings. The molecule has 6 heteroatoms. The molecule has 0 radical (unpaired) electrons. The van der Waals surface area contributed by atoms with E-state index in [2.05, 4.69) is 17.2 Å². The second kappa shape index (κ2) is 7.96. The van der Waals surface area contributed by atoms with Crippen molar-refractivity contribution in [1.82, 2.24) is 5.32 Å². The normalized spacial score (nSPS) is 11.3. The van der Waals surface area contributed by atoms with Gasteiger partial charge in [0.1, 0.15) is 12.6 Å². The second-order valence-electron chi connectivity index (χ2n) is 4.10. The van der Waals surface area contributed by atoms with Crippen LogP contribution in [0.1, 0.15) is 12.5 Å². The zero-order valence-corrected chi connectivity index (χ0v) is 11.3. The van der Waals surface area contributed by atoms with Crippen LogP contribution < -0.4 is 10.6 Å². The monoisotopic (exact) mass is 278 g/mol. The summed E-state index contributed by atoms with van der Waals surface area (Å²) in [6.45, 7) is 4.99. The molecule has 0 spiro atoms. The van der Waals surface area contributed by atoms with Crippen LogP contribution in [-0.4, -0.2) is 29.8 Å². The molecule has 0 heterocycles. The highest BCUT2D eigenvalue weighted by molar-refractivity contribution is 5.96. The molecule has 0 aliphatic heterocycles. The first kappa shape index (κ1) is 15.7. The number of nitrogens with one attached hydrogen (secondary N) is 2. The average molecular weight is 278 g/mol. The van der Waals surface area contributed by atoms with Gasteiger partial charge < -0.3 is 20.5 Å². The Balaban J connectivity index is 2.48. The van der Waals surface area contributed by atoms with Gasteiger partial charge >= 0.3 is 6.09 Å². The zero-order chi connectivity index (χ0) is 15.0. The maximum atomic E-state index is 11.8. The summed E-state index contributed by atoms with van der Waals surface area (Å²) in [6.07, 6.45) is 0.760. The predicted octanol–water partition coefficient (Wildman–Crippen LogP) is 1.42. The minimum atomic E-state index is -0.732. The van der Waals surface area contributed by atoms with Gasteiger partial charge in [-0.2, -0.15) is 0 Å². The van der Waals surface area contributed by atoms with Crippen molar-refractivity contribution in [3.63, 3.8) is 0 Å². The first-order valence-corrected chi connectivity index (χ1v) is 6.11. The van der Waals surface area contributed by atoms with E-state index in [0.717, 1.165) is 5.56 Å². The molecule has 1 unspecified atom stereocenters. The fourth-order valence-corrected chi connectivity index (χ4v) is 1.36. The maximum Gasteiger partial charge on any atom is 0.408 e. The van der Waals surface area contributed by atoms with E-state index in [4.69, 9.17) is 9.84 Å². The van der Waals surface area contributed by atoms with Gasteiger partial charge in [0.15, 0.2) is 0 Å². The van der Waals surface area contributed by atoms with E-state index in [1.54, 1.807) is 31.2 Å². The van der Waals surface area contributed by atoms with Crippen LogP contribution in [0.5, 0.6) is 0 Å². The van der Waals surface area contributed by atoms with Crippen LogP contribution in [0.3, 0.4) is 0 Å². The van der Waals surface area contributed by atoms with Crippen molar-refractivity contribution >= 4 is 17.7 Å². The van der Waals surface area contributed by atoms with Crippen molar-refractivity contribution in [2.24, 2.45) is 0 Å². The van der Waals surface area contributed by atoms with E-state index in [9.17, 15) is 9.59 Å². The quantitative estimate of drug-likeness (QED) is 0.687. The number of alkyl carbamates (subject to hydrolysis) is 1. The maximum absolute atomic E-state index is 11.8. The number of hydrogen-bond acceptors (Lipinski definition) is 4. The topological polar surface area (TPSA) is 87.7 Å². The van der Waals surface area contributed by atoms with Crippen LogP contribution >= 0.6 is 0 Å². The number of aliphatic hydroxyl groups is 1. The van der Waals surface area contributed by atoms with Gasteiger partial charge in [0.05, 0.1) is 6.61 Å². The van der Waals surface area contributed by atoms with E-state index in [0.29, 0.717) is 5.69 Å². The van der Waals surface area contributed by atoms with Crippen molar-refractivity contribution in [2.45, 2.75) is 19.6 Å². The lowest BCUT2D eigenvalue weighted by Crippen LogP contribution is -2.41. The van der Waals surface area contributed by atoms with Gasteiger partial charge in [-0.15, -0.1) is 0 Å². The molecule has 0 bridgehead atoms. The minimum absolute atomic E-state index is 0.0542. The first-order valence-electron chi connectivity index (χ1n) is 6.11. The van der Waals surface area contributed by atoms with Crippen LogP contribution in [0.25, 0.3) is 0 Å². The number of rotatable bonds is 6. The molecule has 6 nitrogen and oxygen atoms in total. The van der Waals surface area contributed by atoms with Gasteiger partial charge in [0, 0.05) is 5.69 Å². The fourth-order valence-electron chi connectivity index (χ4n) is 1.36. The van der Waals surface area contributed by atoms with E-state index >= 15 is 0 Å². The Hall–Kier alpha value is -2.34. The number of anilines is 1. The molecule has 0 aliphatic carbocycles. The summed E-state index contributed by atoms with van der Waals surface area (Å²) in [5.41, 5.74) is 1.34. The molecule has 0 fully saturated rings. The van der Waals surface area contributed by atoms with Crippen molar-refractivity contribution in [3.8, 4) is 0 Å². The highest BCUT2D eigenvalue weighted by atomic mass is 16.5. The van der Waals surface area contributed by atoms with Gasteiger partial charge in [-0.1, -0.05) is 24.8 Å². The highest BCUT2D eigenvalue weighted by Gasteiger charge is 2.16. The van der Waals surface area contributed by atoms with E-state index in [1.807, 2.05) is 0 Å². The zero-order valence-electron chi connectivity index (χ0n) is 11.3. The number of carbonyl (C=O) groups excluding carboxylic acids is 2. The first-order chi connectivity index (χ1) is 9.56. The number of aliphatic hydroxyl groups excluding tert-OH is 1. The smallest absolute Gasteiger partial charge is 0.408 e. The lowest BCUT2D eigenvalue weighted by Gasteiger charge is -2.14. The third-order valence-corrected chi connectivity index (χ3v) is 2.46. The Morgan fingerprint density at radius 3 is 2.60 bits per heavy atom. The molecule has 0 saturated heterocycles. The van der Waals surface area contributed by atoms with Crippen molar-refractivity contribution in [3.05, 3.63) is 42.5 Å². The van der Waals surface area contributed by atoms with Crippen LogP contribution in [-0.2, 0) is 16.1 Å². The van der Waals surface area contributed by atoms with E-state index < -0.39 is 12.1 Å². The van der Waals surface area contributed by atoms with Crippen LogP contribution in [0.15, 0.2) is 36.9 Å². The summed E-state index contributed by atoms with van der Waals surface area (Å²) in [4.78, 5) is 23.1. The molecule has 0 aromatic heterocycles. The summed E-state index contributed by atoms with van der Waals surface area (Å²) < 4.78 is 4.72. The van der Waals surface area contributed by atoms with Gasteiger partial charge in [-0.3, -0.25) is 4.79 Å². The third-order valence-electron chi connectivity index (χ3n) is 2.46. The molecule has 2 amide bonds. The van der Waals surface area contributed by atoms with E-state index in [1.165, 1.54) is 6.08 Å². The highest BCUT2D eigenvalue weighted by Crippen LogP contribution is 2.09. The Bertz CT molecular complexity index is 471. The lowest BCUT2D eigenvalue weighted by atomic mass is 10.2. The van der Waals surface area contributed by atoms with Gasteiger partial charge in [0.25, 0.3) is 0 Å². The average Bonchev–Trinajstić information content (AvgIpc) is 2.45. The van der Waals surface area contributed by atoms with Crippen LogP contribution in [0.4, 0.5) is 10.5 Å². The Kier molecular flexibility index (Phi) is 6.25. The number of benzene rings is 1. The molecule has 3 N–H and O–H groups in total. The standard InChI is InChI=1S/C14H18N2O4/c1-3-8-20-14(19)15-10(2)13(18)16-12-6-4-11(9-17)5-7-12/h3-7,10,17H,1,8-9H2,2H3,(H,15,19)(H,16,18). The summed E-state index contributed by atoms with van der Waals surface area (Å²) in [7, 11) is 0. The lowest BCUT2D eigenvalue weighted by molar-refractivity contribution is -0.117. The predicted molar refractivity (Wildman–Crippen MR) is 75.1 cm³/mol. The fraction of sp³-hybridized carbons (Fsp3) is 0.286. The molecule has 1 aromatic carbocycles. The summed E-state index contributed by atoms with van der Waals surface area (Å²) in [6, 6.07) is 6.01. The molecule has 1 atom stereocenters. The molecule has 0 saturated carbocycles. The minimum Gasteiger partial charge on any atom is -0.445 e. The van der Waals surface area contributed by atoms with Crippen LogP contribution in [0, 0.1) is 0 Å². The Morgan fingerprint density at radius 1 is 1.40 bits per heavy atom. The molecular formula is C14H18N2O4. The van der Waals surface area contributed by atoms with Gasteiger partial charge in [0.2, 0.25) is 5.91 Å². The molecule has 1 rings (SSSR count). The molecular weight excluding hydrogens is 260 g/mol.